The SMILES string of the molecule is COc1cc(OC)cc(C(=O)Nc2ccc(N3CCN(C(=O)C(C)(C)C)CC3)c(Cl)c2)c1. The molecule has 2 aromatic carbocycles. The molecular weight excluding hydrogens is 430 g/mol. The molecule has 0 aliphatic carbocycles. The van der Waals surface area contributed by atoms with Crippen molar-refractivity contribution in [1.82, 2.24) is 4.90 Å². The molecule has 8 heteroatoms. The zero-order chi connectivity index (χ0) is 23.5. The van der Waals surface area contributed by atoms with Gasteiger partial charge < -0.3 is 24.6 Å². The number of nitrogens with zero attached hydrogens (tertiary/aromatic N) is 2. The Hall–Kier alpha value is -2.93. The largest absolute Gasteiger partial charge is 0.497 e. The number of rotatable bonds is 5. The average molecular weight is 460 g/mol. The average Bonchev–Trinajstić information content (AvgIpc) is 2.77. The fourth-order valence-electron chi connectivity index (χ4n) is 3.61. The molecule has 0 atom stereocenters. The summed E-state index contributed by atoms with van der Waals surface area (Å²) in [5, 5.41) is 3.41. The van der Waals surface area contributed by atoms with Crippen LogP contribution in [0.4, 0.5) is 11.4 Å². The number of methoxy groups -OCH3 is 2. The molecule has 7 nitrogen and oxygen atoms in total. The summed E-state index contributed by atoms with van der Waals surface area (Å²) in [4.78, 5) is 29.3. The number of amides is 2. The van der Waals surface area contributed by atoms with Crippen molar-refractivity contribution in [1.29, 1.82) is 0 Å². The van der Waals surface area contributed by atoms with Crippen molar-refractivity contribution in [3.05, 3.63) is 47.0 Å². The summed E-state index contributed by atoms with van der Waals surface area (Å²) in [6.07, 6.45) is 0. The molecule has 1 heterocycles. The van der Waals surface area contributed by atoms with Gasteiger partial charge in [-0.25, -0.2) is 0 Å². The monoisotopic (exact) mass is 459 g/mol. The van der Waals surface area contributed by atoms with Crippen LogP contribution in [0.3, 0.4) is 0 Å². The lowest BCUT2D eigenvalue weighted by Crippen LogP contribution is -2.51. The van der Waals surface area contributed by atoms with Gasteiger partial charge in [0, 0.05) is 48.9 Å². The molecule has 0 aromatic heterocycles. The van der Waals surface area contributed by atoms with Crippen molar-refractivity contribution >= 4 is 34.8 Å². The van der Waals surface area contributed by atoms with E-state index in [0.29, 0.717) is 54.0 Å². The van der Waals surface area contributed by atoms with Gasteiger partial charge in [0.15, 0.2) is 0 Å². The summed E-state index contributed by atoms with van der Waals surface area (Å²) in [7, 11) is 3.07. The summed E-state index contributed by atoms with van der Waals surface area (Å²) in [6.45, 7) is 8.53. The van der Waals surface area contributed by atoms with Crippen molar-refractivity contribution in [2.45, 2.75) is 20.8 Å². The number of carbonyl (C=O) groups excluding carboxylic acids is 2. The molecule has 0 radical (unpaired) electrons. The maximum Gasteiger partial charge on any atom is 0.255 e. The Morgan fingerprint density at radius 3 is 2.03 bits per heavy atom. The van der Waals surface area contributed by atoms with Gasteiger partial charge in [-0.3, -0.25) is 9.59 Å². The van der Waals surface area contributed by atoms with Crippen LogP contribution < -0.4 is 19.7 Å². The Kier molecular flexibility index (Phi) is 7.19. The lowest BCUT2D eigenvalue weighted by atomic mass is 9.94. The van der Waals surface area contributed by atoms with E-state index in [1.807, 2.05) is 37.8 Å². The molecular formula is C24H30ClN3O4. The maximum absolute atomic E-state index is 12.7. The Morgan fingerprint density at radius 1 is 0.938 bits per heavy atom. The number of carbonyl (C=O) groups is 2. The molecule has 0 spiro atoms. The quantitative estimate of drug-likeness (QED) is 0.721. The van der Waals surface area contributed by atoms with E-state index in [-0.39, 0.29) is 17.2 Å². The number of anilines is 2. The van der Waals surface area contributed by atoms with E-state index in [1.165, 1.54) is 14.2 Å². The number of benzene rings is 2. The van der Waals surface area contributed by atoms with Crippen LogP contribution in [0.5, 0.6) is 11.5 Å². The molecule has 1 aliphatic rings. The summed E-state index contributed by atoms with van der Waals surface area (Å²) in [5.41, 5.74) is 1.51. The summed E-state index contributed by atoms with van der Waals surface area (Å²) >= 11 is 6.55. The van der Waals surface area contributed by atoms with Gasteiger partial charge in [-0.1, -0.05) is 32.4 Å². The van der Waals surface area contributed by atoms with Crippen molar-refractivity contribution in [3.8, 4) is 11.5 Å². The fraction of sp³-hybridized carbons (Fsp3) is 0.417. The third-order valence-corrected chi connectivity index (χ3v) is 5.67. The molecule has 0 unspecified atom stereocenters. The summed E-state index contributed by atoms with van der Waals surface area (Å²) < 4.78 is 10.5. The van der Waals surface area contributed by atoms with Crippen LogP contribution in [0.15, 0.2) is 36.4 Å². The molecule has 2 aromatic rings. The van der Waals surface area contributed by atoms with Gasteiger partial charge in [-0.2, -0.15) is 0 Å². The standard InChI is InChI=1S/C24H30ClN3O4/c1-24(2,3)23(30)28-10-8-27(9-11-28)21-7-6-17(14-20(21)25)26-22(29)16-12-18(31-4)15-19(13-16)32-5/h6-7,12-15H,8-11H2,1-5H3,(H,26,29). The Bertz CT molecular complexity index is 973. The highest BCUT2D eigenvalue weighted by molar-refractivity contribution is 6.33. The number of halogens is 1. The van der Waals surface area contributed by atoms with Crippen LogP contribution in [0.2, 0.25) is 5.02 Å². The Morgan fingerprint density at radius 2 is 1.53 bits per heavy atom. The molecule has 0 saturated carbocycles. The highest BCUT2D eigenvalue weighted by Crippen LogP contribution is 2.31. The van der Waals surface area contributed by atoms with E-state index >= 15 is 0 Å². The molecule has 1 fully saturated rings. The van der Waals surface area contributed by atoms with Crippen LogP contribution in [0.25, 0.3) is 0 Å². The van der Waals surface area contributed by atoms with Crippen molar-refractivity contribution in [2.24, 2.45) is 5.41 Å². The minimum absolute atomic E-state index is 0.162. The van der Waals surface area contributed by atoms with E-state index in [4.69, 9.17) is 21.1 Å². The number of piperazine rings is 1. The number of nitrogens with one attached hydrogen (secondary N) is 1. The molecule has 1 saturated heterocycles. The topological polar surface area (TPSA) is 71.1 Å². The minimum Gasteiger partial charge on any atom is -0.497 e. The number of ether oxygens (including phenoxy) is 2. The fourth-order valence-corrected chi connectivity index (χ4v) is 3.91. The van der Waals surface area contributed by atoms with Crippen molar-refractivity contribution in [2.75, 3.05) is 50.6 Å². The third kappa shape index (κ3) is 5.46. The maximum atomic E-state index is 12.7. The molecule has 32 heavy (non-hydrogen) atoms. The molecule has 1 N–H and O–H groups in total. The molecule has 172 valence electrons. The molecule has 3 rings (SSSR count). The Balaban J connectivity index is 1.67. The second-order valence-corrected chi connectivity index (χ2v) is 9.16. The number of hydrogen-bond donors (Lipinski definition) is 1. The normalized spacial score (nSPS) is 14.2. The van der Waals surface area contributed by atoms with E-state index in [1.54, 1.807) is 24.3 Å². The van der Waals surface area contributed by atoms with E-state index < -0.39 is 0 Å². The first kappa shape index (κ1) is 23.7. The van der Waals surface area contributed by atoms with Crippen LogP contribution in [-0.4, -0.2) is 57.1 Å². The predicted molar refractivity (Wildman–Crippen MR) is 127 cm³/mol. The second-order valence-electron chi connectivity index (χ2n) is 8.75. The van der Waals surface area contributed by atoms with E-state index in [9.17, 15) is 9.59 Å². The predicted octanol–water partition coefficient (Wildman–Crippen LogP) is 4.30. The Labute approximate surface area is 194 Å². The van der Waals surface area contributed by atoms with Gasteiger partial charge in [0.1, 0.15) is 11.5 Å². The first-order valence-corrected chi connectivity index (χ1v) is 10.9. The summed E-state index contributed by atoms with van der Waals surface area (Å²) in [5.74, 6) is 0.940. The van der Waals surface area contributed by atoms with Crippen LogP contribution in [0, 0.1) is 5.41 Å². The molecule has 0 bridgehead atoms. The van der Waals surface area contributed by atoms with Crippen LogP contribution in [-0.2, 0) is 4.79 Å². The smallest absolute Gasteiger partial charge is 0.255 e. The lowest BCUT2D eigenvalue weighted by Gasteiger charge is -2.39. The zero-order valence-corrected chi connectivity index (χ0v) is 20.0. The highest BCUT2D eigenvalue weighted by Gasteiger charge is 2.30. The summed E-state index contributed by atoms with van der Waals surface area (Å²) in [6, 6.07) is 10.4. The van der Waals surface area contributed by atoms with E-state index in [0.717, 1.165) is 5.69 Å². The zero-order valence-electron chi connectivity index (χ0n) is 19.2. The van der Waals surface area contributed by atoms with Crippen molar-refractivity contribution in [3.63, 3.8) is 0 Å². The third-order valence-electron chi connectivity index (χ3n) is 5.37. The van der Waals surface area contributed by atoms with Crippen LogP contribution in [0.1, 0.15) is 31.1 Å². The highest BCUT2D eigenvalue weighted by atomic mass is 35.5. The van der Waals surface area contributed by atoms with E-state index in [2.05, 4.69) is 10.2 Å². The second kappa shape index (κ2) is 9.69. The van der Waals surface area contributed by atoms with Gasteiger partial charge in [0.05, 0.1) is 24.9 Å². The molecule has 2 amide bonds. The lowest BCUT2D eigenvalue weighted by molar-refractivity contribution is -0.139. The van der Waals surface area contributed by atoms with Crippen LogP contribution >= 0.6 is 11.6 Å². The number of hydrogen-bond acceptors (Lipinski definition) is 5. The van der Waals surface area contributed by atoms with Crippen molar-refractivity contribution < 1.29 is 19.1 Å². The van der Waals surface area contributed by atoms with Gasteiger partial charge in [-0.05, 0) is 30.3 Å². The first-order valence-electron chi connectivity index (χ1n) is 10.5. The van der Waals surface area contributed by atoms with Gasteiger partial charge in [0.25, 0.3) is 5.91 Å². The van der Waals surface area contributed by atoms with Gasteiger partial charge in [0.2, 0.25) is 5.91 Å². The first-order chi connectivity index (χ1) is 15.1. The minimum atomic E-state index is -0.382. The molecule has 1 aliphatic heterocycles. The van der Waals surface area contributed by atoms with Gasteiger partial charge in [-0.15, -0.1) is 0 Å². The van der Waals surface area contributed by atoms with Gasteiger partial charge >= 0.3 is 0 Å².